The first-order valence-corrected chi connectivity index (χ1v) is 8.82. The van der Waals surface area contributed by atoms with E-state index < -0.39 is 15.1 Å². The standard InChI is InChI=1S/C14H21ClO4S/c1-4-18-13-7-5-6-12(10-15)14(13)19-8-9-20(16,17)11(2)3/h5-7,11H,4,8-10H2,1-3H3. The average molecular weight is 321 g/mol. The summed E-state index contributed by atoms with van der Waals surface area (Å²) in [5.41, 5.74) is 0.791. The van der Waals surface area contributed by atoms with E-state index in [-0.39, 0.29) is 18.2 Å². The Kier molecular flexibility index (Phi) is 6.62. The van der Waals surface area contributed by atoms with Crippen molar-refractivity contribution in [1.82, 2.24) is 0 Å². The molecule has 1 aromatic rings. The van der Waals surface area contributed by atoms with Crippen LogP contribution in [0.1, 0.15) is 26.3 Å². The second kappa shape index (κ2) is 7.74. The third-order valence-electron chi connectivity index (χ3n) is 2.84. The van der Waals surface area contributed by atoms with E-state index in [4.69, 9.17) is 21.1 Å². The lowest BCUT2D eigenvalue weighted by Crippen LogP contribution is -2.22. The number of para-hydroxylation sites is 1. The fourth-order valence-corrected chi connectivity index (χ4v) is 2.59. The number of hydrogen-bond donors (Lipinski definition) is 0. The highest BCUT2D eigenvalue weighted by Gasteiger charge is 2.17. The van der Waals surface area contributed by atoms with Gasteiger partial charge in [0, 0.05) is 5.56 Å². The molecule has 0 spiro atoms. The second-order valence-electron chi connectivity index (χ2n) is 4.58. The Labute approximate surface area is 126 Å². The quantitative estimate of drug-likeness (QED) is 0.691. The lowest BCUT2D eigenvalue weighted by Gasteiger charge is -2.15. The van der Waals surface area contributed by atoms with Crippen molar-refractivity contribution in [2.24, 2.45) is 0 Å². The third-order valence-corrected chi connectivity index (χ3v) is 5.30. The summed E-state index contributed by atoms with van der Waals surface area (Å²) in [5, 5.41) is -0.402. The van der Waals surface area contributed by atoms with Crippen LogP contribution in [0.5, 0.6) is 11.5 Å². The van der Waals surface area contributed by atoms with Gasteiger partial charge in [0.25, 0.3) is 0 Å². The van der Waals surface area contributed by atoms with Crippen LogP contribution in [0.25, 0.3) is 0 Å². The predicted octanol–water partition coefficient (Wildman–Crippen LogP) is 3.03. The lowest BCUT2D eigenvalue weighted by atomic mass is 10.2. The number of ether oxygens (including phenoxy) is 2. The summed E-state index contributed by atoms with van der Waals surface area (Å²) >= 11 is 5.87. The van der Waals surface area contributed by atoms with Crippen molar-refractivity contribution in [2.45, 2.75) is 31.9 Å². The van der Waals surface area contributed by atoms with Gasteiger partial charge in [-0.2, -0.15) is 0 Å². The van der Waals surface area contributed by atoms with E-state index in [9.17, 15) is 8.42 Å². The van der Waals surface area contributed by atoms with Crippen molar-refractivity contribution in [3.05, 3.63) is 23.8 Å². The summed E-state index contributed by atoms with van der Waals surface area (Å²) in [7, 11) is -3.11. The summed E-state index contributed by atoms with van der Waals surface area (Å²) in [6.45, 7) is 5.79. The van der Waals surface area contributed by atoms with E-state index in [0.717, 1.165) is 5.56 Å². The smallest absolute Gasteiger partial charge is 0.165 e. The molecular weight excluding hydrogens is 300 g/mol. The largest absolute Gasteiger partial charge is 0.490 e. The summed E-state index contributed by atoms with van der Waals surface area (Å²) in [6.07, 6.45) is 0. The van der Waals surface area contributed by atoms with Gasteiger partial charge in [0.15, 0.2) is 21.3 Å². The van der Waals surface area contributed by atoms with Crippen molar-refractivity contribution in [2.75, 3.05) is 19.0 Å². The Hall–Kier alpha value is -0.940. The van der Waals surface area contributed by atoms with Gasteiger partial charge in [-0.15, -0.1) is 11.6 Å². The molecule has 0 aliphatic rings. The summed E-state index contributed by atoms with van der Waals surface area (Å²) in [6, 6.07) is 5.45. The molecule has 0 saturated carbocycles. The molecule has 0 aliphatic carbocycles. The molecule has 0 unspecified atom stereocenters. The molecule has 0 fully saturated rings. The van der Waals surface area contributed by atoms with Gasteiger partial charge in [0.2, 0.25) is 0 Å². The Morgan fingerprint density at radius 1 is 1.25 bits per heavy atom. The molecule has 0 heterocycles. The van der Waals surface area contributed by atoms with Crippen LogP contribution in [0.3, 0.4) is 0 Å². The van der Waals surface area contributed by atoms with Crippen LogP contribution in [0.15, 0.2) is 18.2 Å². The monoisotopic (exact) mass is 320 g/mol. The van der Waals surface area contributed by atoms with Gasteiger partial charge < -0.3 is 9.47 Å². The zero-order valence-corrected chi connectivity index (χ0v) is 13.6. The van der Waals surface area contributed by atoms with Crippen LogP contribution in [0.4, 0.5) is 0 Å². The molecule has 1 aromatic carbocycles. The van der Waals surface area contributed by atoms with Crippen molar-refractivity contribution >= 4 is 21.4 Å². The van der Waals surface area contributed by atoms with Gasteiger partial charge in [-0.25, -0.2) is 8.42 Å². The first-order chi connectivity index (χ1) is 9.42. The molecule has 4 nitrogen and oxygen atoms in total. The maximum absolute atomic E-state index is 11.7. The van der Waals surface area contributed by atoms with E-state index >= 15 is 0 Å². The summed E-state index contributed by atoms with van der Waals surface area (Å²) < 4.78 is 34.6. The molecule has 6 heteroatoms. The number of alkyl halides is 1. The highest BCUT2D eigenvalue weighted by Crippen LogP contribution is 2.32. The summed E-state index contributed by atoms with van der Waals surface area (Å²) in [5.74, 6) is 1.39. The Morgan fingerprint density at radius 3 is 2.50 bits per heavy atom. The lowest BCUT2D eigenvalue weighted by molar-refractivity contribution is 0.286. The molecule has 0 N–H and O–H groups in total. The van der Waals surface area contributed by atoms with E-state index in [1.54, 1.807) is 19.9 Å². The molecule has 114 valence electrons. The Balaban J connectivity index is 2.81. The minimum absolute atomic E-state index is 0.0210. The van der Waals surface area contributed by atoms with E-state index in [0.29, 0.717) is 18.1 Å². The maximum Gasteiger partial charge on any atom is 0.165 e. The van der Waals surface area contributed by atoms with Crippen LogP contribution < -0.4 is 9.47 Å². The fraction of sp³-hybridized carbons (Fsp3) is 0.571. The van der Waals surface area contributed by atoms with Gasteiger partial charge in [-0.3, -0.25) is 0 Å². The van der Waals surface area contributed by atoms with Crippen LogP contribution >= 0.6 is 11.6 Å². The summed E-state index contributed by atoms with van der Waals surface area (Å²) in [4.78, 5) is 0. The molecule has 0 aromatic heterocycles. The van der Waals surface area contributed by atoms with Gasteiger partial charge in [-0.05, 0) is 26.8 Å². The van der Waals surface area contributed by atoms with Crippen molar-refractivity contribution in [3.8, 4) is 11.5 Å². The zero-order valence-electron chi connectivity index (χ0n) is 12.1. The number of rotatable bonds is 8. The first-order valence-electron chi connectivity index (χ1n) is 6.57. The van der Waals surface area contributed by atoms with E-state index in [2.05, 4.69) is 0 Å². The minimum Gasteiger partial charge on any atom is -0.490 e. The molecular formula is C14H21ClO4S. The number of sulfone groups is 1. The van der Waals surface area contributed by atoms with Crippen LogP contribution in [0.2, 0.25) is 0 Å². The van der Waals surface area contributed by atoms with Gasteiger partial charge in [0.05, 0.1) is 23.5 Å². The average Bonchev–Trinajstić information content (AvgIpc) is 2.40. The number of halogens is 1. The third kappa shape index (κ3) is 4.56. The zero-order chi connectivity index (χ0) is 15.2. The Morgan fingerprint density at radius 2 is 1.95 bits per heavy atom. The number of hydrogen-bond acceptors (Lipinski definition) is 4. The molecule has 0 atom stereocenters. The molecule has 0 aliphatic heterocycles. The van der Waals surface area contributed by atoms with Crippen LogP contribution in [0, 0.1) is 0 Å². The van der Waals surface area contributed by atoms with Gasteiger partial charge in [-0.1, -0.05) is 12.1 Å². The van der Waals surface area contributed by atoms with Gasteiger partial charge in [0.1, 0.15) is 6.61 Å². The highest BCUT2D eigenvalue weighted by molar-refractivity contribution is 7.91. The van der Waals surface area contributed by atoms with E-state index in [1.165, 1.54) is 0 Å². The fourth-order valence-electron chi connectivity index (χ4n) is 1.60. The molecule has 20 heavy (non-hydrogen) atoms. The van der Waals surface area contributed by atoms with Gasteiger partial charge >= 0.3 is 0 Å². The minimum atomic E-state index is -3.11. The highest BCUT2D eigenvalue weighted by atomic mass is 35.5. The van der Waals surface area contributed by atoms with Crippen molar-refractivity contribution < 1.29 is 17.9 Å². The molecule has 0 saturated heterocycles. The first kappa shape index (κ1) is 17.1. The molecule has 0 amide bonds. The normalized spacial score (nSPS) is 11.7. The molecule has 1 rings (SSSR count). The number of benzene rings is 1. The van der Waals surface area contributed by atoms with E-state index in [1.807, 2.05) is 19.1 Å². The SMILES string of the molecule is CCOc1cccc(CCl)c1OCCS(=O)(=O)C(C)C. The molecule has 0 bridgehead atoms. The second-order valence-corrected chi connectivity index (χ2v) is 7.52. The van der Waals surface area contributed by atoms with Crippen molar-refractivity contribution in [1.29, 1.82) is 0 Å². The predicted molar refractivity (Wildman–Crippen MR) is 81.6 cm³/mol. The molecule has 0 radical (unpaired) electrons. The van der Waals surface area contributed by atoms with Crippen molar-refractivity contribution in [3.63, 3.8) is 0 Å². The topological polar surface area (TPSA) is 52.6 Å². The maximum atomic E-state index is 11.7. The van der Waals surface area contributed by atoms with Crippen LogP contribution in [-0.4, -0.2) is 32.6 Å². The Bertz CT molecular complexity index is 526. The van der Waals surface area contributed by atoms with Crippen LogP contribution in [-0.2, 0) is 15.7 Å².